The first-order valence-electron chi connectivity index (χ1n) is 6.36. The number of rotatable bonds is 3. The minimum atomic E-state index is -0.433. The summed E-state index contributed by atoms with van der Waals surface area (Å²) in [6, 6.07) is 12.2. The number of nitro benzene ring substituents is 1. The summed E-state index contributed by atoms with van der Waals surface area (Å²) in [5.74, 6) is 0. The minimum Gasteiger partial charge on any atom is -0.258 e. The highest BCUT2D eigenvalue weighted by molar-refractivity contribution is 9.25. The average molecular weight is 466 g/mol. The van der Waals surface area contributed by atoms with Crippen LogP contribution in [0.5, 0.6) is 0 Å². The quantitative estimate of drug-likeness (QED) is 0.313. The molecule has 0 N–H and O–H groups in total. The smallest absolute Gasteiger partial charge is 0.258 e. The van der Waals surface area contributed by atoms with E-state index in [4.69, 9.17) is 23.2 Å². The first kappa shape index (κ1) is 16.2. The summed E-state index contributed by atoms with van der Waals surface area (Å²) in [4.78, 5) is 10.7. The highest BCUT2D eigenvalue weighted by Crippen LogP contribution is 2.70. The van der Waals surface area contributed by atoms with Gasteiger partial charge in [0.05, 0.1) is 8.16 Å². The molecule has 2 aromatic carbocycles. The van der Waals surface area contributed by atoms with Gasteiger partial charge in [0.15, 0.2) is 0 Å². The first-order chi connectivity index (χ1) is 10.3. The molecule has 1 aliphatic carbocycles. The molecular formula is C15H9Br2Cl2NO2. The molecule has 0 heterocycles. The molecule has 1 unspecified atom stereocenters. The van der Waals surface area contributed by atoms with E-state index in [1.54, 1.807) is 12.1 Å². The zero-order chi connectivity index (χ0) is 16.1. The van der Waals surface area contributed by atoms with E-state index in [1.165, 1.54) is 6.07 Å². The van der Waals surface area contributed by atoms with Crippen molar-refractivity contribution < 1.29 is 4.92 Å². The molecule has 1 fully saturated rings. The Bertz CT molecular complexity index is 765. The van der Waals surface area contributed by atoms with Crippen molar-refractivity contribution in [2.75, 3.05) is 0 Å². The number of hydrogen-bond donors (Lipinski definition) is 0. The van der Waals surface area contributed by atoms with Crippen LogP contribution in [0.2, 0.25) is 10.0 Å². The second-order valence-corrected chi connectivity index (χ2v) is 9.89. The zero-order valence-electron chi connectivity index (χ0n) is 11.0. The molecule has 22 heavy (non-hydrogen) atoms. The predicted octanol–water partition coefficient (Wildman–Crippen LogP) is 6.08. The molecule has 0 spiro atoms. The molecule has 2 aromatic rings. The SMILES string of the molecule is O=[N+]([O-])c1cc(Cl)cc(C2(c3ccc(Cl)cc3)CC2(Br)Br)c1. The Morgan fingerprint density at radius 3 is 2.09 bits per heavy atom. The van der Waals surface area contributed by atoms with E-state index in [2.05, 4.69) is 31.9 Å². The molecule has 1 aliphatic rings. The van der Waals surface area contributed by atoms with Crippen molar-refractivity contribution in [3.05, 3.63) is 73.8 Å². The molecule has 1 atom stereocenters. The maximum Gasteiger partial charge on any atom is 0.271 e. The van der Waals surface area contributed by atoms with Crippen LogP contribution in [0.1, 0.15) is 17.5 Å². The van der Waals surface area contributed by atoms with Gasteiger partial charge in [-0.25, -0.2) is 0 Å². The van der Waals surface area contributed by atoms with Crippen molar-refractivity contribution in [1.29, 1.82) is 0 Å². The van der Waals surface area contributed by atoms with Gasteiger partial charge in [0, 0.05) is 27.6 Å². The third-order valence-electron chi connectivity index (χ3n) is 3.91. The molecule has 114 valence electrons. The summed E-state index contributed by atoms with van der Waals surface area (Å²) in [6.07, 6.45) is 0.749. The van der Waals surface area contributed by atoms with E-state index in [0.29, 0.717) is 10.0 Å². The highest BCUT2D eigenvalue weighted by atomic mass is 79.9. The fraction of sp³-hybridized carbons (Fsp3) is 0.200. The van der Waals surface area contributed by atoms with Crippen molar-refractivity contribution in [2.24, 2.45) is 0 Å². The molecule has 0 aliphatic heterocycles. The van der Waals surface area contributed by atoms with Gasteiger partial charge in [-0.1, -0.05) is 67.2 Å². The van der Waals surface area contributed by atoms with Crippen molar-refractivity contribution in [1.82, 2.24) is 0 Å². The normalized spacial score (nSPS) is 22.4. The molecule has 0 bridgehead atoms. The van der Waals surface area contributed by atoms with Crippen LogP contribution < -0.4 is 0 Å². The van der Waals surface area contributed by atoms with Crippen LogP contribution in [0.15, 0.2) is 42.5 Å². The first-order valence-corrected chi connectivity index (χ1v) is 8.70. The van der Waals surface area contributed by atoms with Crippen LogP contribution in [-0.4, -0.2) is 8.16 Å². The zero-order valence-corrected chi connectivity index (χ0v) is 15.7. The van der Waals surface area contributed by atoms with E-state index < -0.39 is 10.3 Å². The van der Waals surface area contributed by atoms with Crippen LogP contribution in [0, 0.1) is 10.1 Å². The van der Waals surface area contributed by atoms with Gasteiger partial charge in [0.2, 0.25) is 0 Å². The maximum absolute atomic E-state index is 11.1. The Morgan fingerprint density at radius 1 is 1.00 bits per heavy atom. The number of alkyl halides is 2. The van der Waals surface area contributed by atoms with Crippen LogP contribution in [0.25, 0.3) is 0 Å². The third-order valence-corrected chi connectivity index (χ3v) is 6.29. The third kappa shape index (κ3) is 2.58. The molecule has 0 amide bonds. The molecule has 1 saturated carbocycles. The molecule has 0 aromatic heterocycles. The monoisotopic (exact) mass is 463 g/mol. The average Bonchev–Trinajstić information content (AvgIpc) is 3.03. The summed E-state index contributed by atoms with van der Waals surface area (Å²) in [6.45, 7) is 0. The van der Waals surface area contributed by atoms with Crippen molar-refractivity contribution in [3.8, 4) is 0 Å². The van der Waals surface area contributed by atoms with Gasteiger partial charge in [0.1, 0.15) is 0 Å². The lowest BCUT2D eigenvalue weighted by Gasteiger charge is -2.20. The van der Waals surface area contributed by atoms with Crippen LogP contribution in [-0.2, 0) is 5.41 Å². The highest BCUT2D eigenvalue weighted by Gasteiger charge is 2.67. The lowest BCUT2D eigenvalue weighted by Crippen LogP contribution is -2.16. The lowest BCUT2D eigenvalue weighted by molar-refractivity contribution is -0.384. The maximum atomic E-state index is 11.1. The molecule has 0 saturated heterocycles. The Balaban J connectivity index is 2.18. The fourth-order valence-corrected chi connectivity index (χ4v) is 4.85. The van der Waals surface area contributed by atoms with Gasteiger partial charge in [-0.2, -0.15) is 0 Å². The molecule has 3 nitrogen and oxygen atoms in total. The second-order valence-electron chi connectivity index (χ2n) is 5.25. The number of nitrogens with zero attached hydrogens (tertiary/aromatic N) is 1. The summed E-state index contributed by atoms with van der Waals surface area (Å²) < 4.78 is -0.362. The molecule has 3 rings (SSSR count). The van der Waals surface area contributed by atoms with Crippen molar-refractivity contribution in [3.63, 3.8) is 0 Å². The largest absolute Gasteiger partial charge is 0.271 e. The van der Waals surface area contributed by atoms with Crippen molar-refractivity contribution in [2.45, 2.75) is 15.1 Å². The van der Waals surface area contributed by atoms with Gasteiger partial charge < -0.3 is 0 Å². The van der Waals surface area contributed by atoms with Crippen LogP contribution in [0.4, 0.5) is 5.69 Å². The van der Waals surface area contributed by atoms with E-state index in [9.17, 15) is 10.1 Å². The van der Waals surface area contributed by atoms with E-state index in [-0.39, 0.29) is 8.92 Å². The summed E-state index contributed by atoms with van der Waals surface area (Å²) in [7, 11) is 0. The Morgan fingerprint density at radius 2 is 1.59 bits per heavy atom. The molecular weight excluding hydrogens is 457 g/mol. The summed E-state index contributed by atoms with van der Waals surface area (Å²) in [5, 5.41) is 12.1. The Kier molecular flexibility index (Phi) is 4.05. The number of benzene rings is 2. The van der Waals surface area contributed by atoms with Crippen LogP contribution in [0.3, 0.4) is 0 Å². The Labute approximate surface area is 154 Å². The number of non-ortho nitro benzene ring substituents is 1. The fourth-order valence-electron chi connectivity index (χ4n) is 2.74. The lowest BCUT2D eigenvalue weighted by atomic mass is 9.88. The number of nitro groups is 1. The van der Waals surface area contributed by atoms with Crippen molar-refractivity contribution >= 4 is 60.7 Å². The van der Waals surface area contributed by atoms with Gasteiger partial charge in [-0.3, -0.25) is 10.1 Å². The van der Waals surface area contributed by atoms with E-state index in [1.807, 2.05) is 24.3 Å². The standard InChI is InChI=1S/C15H9Br2Cl2NO2/c16-15(17)8-14(15,9-1-3-11(18)4-2-9)10-5-12(19)7-13(6-10)20(21)22/h1-7H,8H2. The van der Waals surface area contributed by atoms with Crippen LogP contribution >= 0.6 is 55.1 Å². The van der Waals surface area contributed by atoms with E-state index in [0.717, 1.165) is 17.5 Å². The molecule has 0 radical (unpaired) electrons. The van der Waals surface area contributed by atoms with Gasteiger partial charge in [-0.15, -0.1) is 0 Å². The summed E-state index contributed by atoms with van der Waals surface area (Å²) >= 11 is 19.4. The Hall–Kier alpha value is -0.620. The summed E-state index contributed by atoms with van der Waals surface area (Å²) in [5.41, 5.74) is 1.37. The van der Waals surface area contributed by atoms with Gasteiger partial charge >= 0.3 is 0 Å². The number of halogens is 4. The predicted molar refractivity (Wildman–Crippen MR) is 95.5 cm³/mol. The van der Waals surface area contributed by atoms with Gasteiger partial charge in [-0.05, 0) is 35.7 Å². The molecule has 7 heteroatoms. The minimum absolute atomic E-state index is 0.0152. The second kappa shape index (κ2) is 5.48. The van der Waals surface area contributed by atoms with Gasteiger partial charge in [0.25, 0.3) is 5.69 Å². The number of hydrogen-bond acceptors (Lipinski definition) is 2. The van der Waals surface area contributed by atoms with E-state index >= 15 is 0 Å². The topological polar surface area (TPSA) is 43.1 Å².